The van der Waals surface area contributed by atoms with E-state index in [2.05, 4.69) is 56.1 Å². The van der Waals surface area contributed by atoms with Crippen LogP contribution < -0.4 is 10.2 Å². The lowest BCUT2D eigenvalue weighted by atomic mass is 10.0. The smallest absolute Gasteiger partial charge is 0.0373 e. The summed E-state index contributed by atoms with van der Waals surface area (Å²) in [6, 6.07) is 7.43. The van der Waals surface area contributed by atoms with Gasteiger partial charge in [-0.3, -0.25) is 0 Å². The monoisotopic (exact) mass is 260 g/mol. The van der Waals surface area contributed by atoms with Crippen molar-refractivity contribution >= 4 is 11.4 Å². The highest BCUT2D eigenvalue weighted by molar-refractivity contribution is 5.60. The van der Waals surface area contributed by atoms with Crippen LogP contribution in [0.2, 0.25) is 0 Å². The van der Waals surface area contributed by atoms with E-state index in [0.717, 1.165) is 0 Å². The molecule has 1 aromatic rings. The summed E-state index contributed by atoms with van der Waals surface area (Å²) in [6.07, 6.45) is 3.85. The molecule has 1 fully saturated rings. The molecule has 0 saturated carbocycles. The fourth-order valence-corrected chi connectivity index (χ4v) is 2.92. The maximum absolute atomic E-state index is 3.70. The minimum absolute atomic E-state index is 0.566. The molecule has 1 N–H and O–H groups in total. The van der Waals surface area contributed by atoms with Crippen LogP contribution in [0.25, 0.3) is 0 Å². The third-order valence-electron chi connectivity index (χ3n) is 4.27. The molecular formula is C17H28N2. The van der Waals surface area contributed by atoms with Gasteiger partial charge in [0.2, 0.25) is 0 Å². The van der Waals surface area contributed by atoms with Gasteiger partial charge in [0, 0.05) is 30.5 Å². The number of hydrogen-bond donors (Lipinski definition) is 1. The van der Waals surface area contributed by atoms with Crippen molar-refractivity contribution < 1.29 is 0 Å². The number of hydrogen-bond acceptors (Lipinski definition) is 2. The lowest BCUT2D eigenvalue weighted by molar-refractivity contribution is 0.511. The first kappa shape index (κ1) is 14.2. The van der Waals surface area contributed by atoms with E-state index in [9.17, 15) is 0 Å². The molecule has 1 saturated heterocycles. The Kier molecular flexibility index (Phi) is 4.73. The topological polar surface area (TPSA) is 15.3 Å². The Hall–Kier alpha value is -1.18. The van der Waals surface area contributed by atoms with Crippen LogP contribution >= 0.6 is 0 Å². The predicted molar refractivity (Wildman–Crippen MR) is 85.2 cm³/mol. The van der Waals surface area contributed by atoms with E-state index in [1.54, 1.807) is 0 Å². The van der Waals surface area contributed by atoms with Crippen LogP contribution in [0.1, 0.15) is 45.6 Å². The standard InChI is InChI=1S/C17H28N2/c1-5-16(13(2)3)18-17-9-8-15(12-14(17)4)19-10-6-7-11-19/h8-9,12-13,16,18H,5-7,10-11H2,1-4H3. The van der Waals surface area contributed by atoms with E-state index in [0.29, 0.717) is 12.0 Å². The van der Waals surface area contributed by atoms with Crippen LogP contribution in [-0.4, -0.2) is 19.1 Å². The first-order valence-corrected chi connectivity index (χ1v) is 7.74. The summed E-state index contributed by atoms with van der Waals surface area (Å²) in [5.74, 6) is 0.669. The summed E-state index contributed by atoms with van der Waals surface area (Å²) in [5.41, 5.74) is 4.05. The quantitative estimate of drug-likeness (QED) is 0.842. The second-order valence-electron chi connectivity index (χ2n) is 6.10. The van der Waals surface area contributed by atoms with Crippen molar-refractivity contribution in [1.82, 2.24) is 0 Å². The molecule has 1 aliphatic heterocycles. The second-order valence-corrected chi connectivity index (χ2v) is 6.10. The van der Waals surface area contributed by atoms with E-state index in [-0.39, 0.29) is 0 Å². The van der Waals surface area contributed by atoms with Crippen LogP contribution in [0.15, 0.2) is 18.2 Å². The molecule has 0 aliphatic carbocycles. The first-order chi connectivity index (χ1) is 9.11. The van der Waals surface area contributed by atoms with Gasteiger partial charge in [0.1, 0.15) is 0 Å². The Balaban J connectivity index is 2.10. The molecule has 2 heteroatoms. The Morgan fingerprint density at radius 1 is 1.21 bits per heavy atom. The zero-order valence-corrected chi connectivity index (χ0v) is 12.9. The summed E-state index contributed by atoms with van der Waals surface area (Å²) >= 11 is 0. The predicted octanol–water partition coefficient (Wildman–Crippen LogP) is 4.44. The molecule has 1 aromatic carbocycles. The number of rotatable bonds is 5. The summed E-state index contributed by atoms with van der Waals surface area (Å²) in [7, 11) is 0. The van der Waals surface area contributed by atoms with Gasteiger partial charge >= 0.3 is 0 Å². The number of benzene rings is 1. The van der Waals surface area contributed by atoms with E-state index in [4.69, 9.17) is 0 Å². The average Bonchev–Trinajstić information content (AvgIpc) is 2.90. The molecule has 1 unspecified atom stereocenters. The van der Waals surface area contributed by atoms with Gasteiger partial charge < -0.3 is 10.2 Å². The lowest BCUT2D eigenvalue weighted by Gasteiger charge is -2.24. The highest BCUT2D eigenvalue weighted by Crippen LogP contribution is 2.26. The Morgan fingerprint density at radius 3 is 2.42 bits per heavy atom. The van der Waals surface area contributed by atoms with Crippen LogP contribution in [0.5, 0.6) is 0 Å². The van der Waals surface area contributed by atoms with Crippen molar-refractivity contribution in [2.45, 2.75) is 53.0 Å². The van der Waals surface area contributed by atoms with Crippen molar-refractivity contribution in [2.75, 3.05) is 23.3 Å². The zero-order chi connectivity index (χ0) is 13.8. The molecular weight excluding hydrogens is 232 g/mol. The minimum atomic E-state index is 0.566. The van der Waals surface area contributed by atoms with Gasteiger partial charge in [-0.25, -0.2) is 0 Å². The van der Waals surface area contributed by atoms with Gasteiger partial charge in [-0.15, -0.1) is 0 Å². The van der Waals surface area contributed by atoms with Crippen LogP contribution in [0.4, 0.5) is 11.4 Å². The van der Waals surface area contributed by atoms with Gasteiger partial charge in [-0.1, -0.05) is 20.8 Å². The molecule has 1 atom stereocenters. The summed E-state index contributed by atoms with van der Waals surface area (Å²) in [5, 5.41) is 3.70. The normalized spacial score (nSPS) is 17.0. The molecule has 2 nitrogen and oxygen atoms in total. The highest BCUT2D eigenvalue weighted by Gasteiger charge is 2.15. The summed E-state index contributed by atoms with van der Waals surface area (Å²) < 4.78 is 0. The lowest BCUT2D eigenvalue weighted by Crippen LogP contribution is -2.25. The van der Waals surface area contributed by atoms with Crippen molar-refractivity contribution in [3.05, 3.63) is 23.8 Å². The van der Waals surface area contributed by atoms with E-state index < -0.39 is 0 Å². The van der Waals surface area contributed by atoms with E-state index in [1.807, 2.05) is 0 Å². The molecule has 0 radical (unpaired) electrons. The molecule has 0 amide bonds. The number of nitrogens with zero attached hydrogens (tertiary/aromatic N) is 1. The molecule has 1 heterocycles. The Labute approximate surface area is 118 Å². The van der Waals surface area contributed by atoms with Crippen molar-refractivity contribution in [3.8, 4) is 0 Å². The van der Waals surface area contributed by atoms with E-state index >= 15 is 0 Å². The average molecular weight is 260 g/mol. The molecule has 106 valence electrons. The van der Waals surface area contributed by atoms with Crippen LogP contribution in [-0.2, 0) is 0 Å². The maximum atomic E-state index is 3.70. The van der Waals surface area contributed by atoms with Crippen LogP contribution in [0.3, 0.4) is 0 Å². The molecule has 1 aliphatic rings. The largest absolute Gasteiger partial charge is 0.382 e. The third-order valence-corrected chi connectivity index (χ3v) is 4.27. The van der Waals surface area contributed by atoms with Crippen LogP contribution in [0, 0.1) is 12.8 Å². The number of nitrogens with one attached hydrogen (secondary N) is 1. The third kappa shape index (κ3) is 3.43. The molecule has 0 aromatic heterocycles. The van der Waals surface area contributed by atoms with Crippen molar-refractivity contribution in [3.63, 3.8) is 0 Å². The SMILES string of the molecule is CCC(Nc1ccc(N2CCCC2)cc1C)C(C)C. The molecule has 19 heavy (non-hydrogen) atoms. The fourth-order valence-electron chi connectivity index (χ4n) is 2.92. The van der Waals surface area contributed by atoms with Gasteiger partial charge in [0.15, 0.2) is 0 Å². The van der Waals surface area contributed by atoms with Crippen molar-refractivity contribution in [2.24, 2.45) is 5.92 Å². The summed E-state index contributed by atoms with van der Waals surface area (Å²) in [6.45, 7) is 11.5. The zero-order valence-electron chi connectivity index (χ0n) is 12.9. The van der Waals surface area contributed by atoms with Gasteiger partial charge in [-0.2, -0.15) is 0 Å². The molecule has 2 rings (SSSR count). The number of aryl methyl sites for hydroxylation is 1. The Morgan fingerprint density at radius 2 is 1.89 bits per heavy atom. The van der Waals surface area contributed by atoms with Gasteiger partial charge in [0.05, 0.1) is 0 Å². The first-order valence-electron chi connectivity index (χ1n) is 7.74. The fraction of sp³-hybridized carbons (Fsp3) is 0.647. The Bertz CT molecular complexity index is 406. The van der Waals surface area contributed by atoms with E-state index in [1.165, 1.54) is 49.3 Å². The summed E-state index contributed by atoms with van der Waals surface area (Å²) in [4.78, 5) is 2.50. The highest BCUT2D eigenvalue weighted by atomic mass is 15.1. The number of anilines is 2. The van der Waals surface area contributed by atoms with Gasteiger partial charge in [0.25, 0.3) is 0 Å². The molecule has 0 bridgehead atoms. The second kappa shape index (κ2) is 6.31. The van der Waals surface area contributed by atoms with Gasteiger partial charge in [-0.05, 0) is 55.9 Å². The molecule has 0 spiro atoms. The van der Waals surface area contributed by atoms with Crippen molar-refractivity contribution in [1.29, 1.82) is 0 Å². The maximum Gasteiger partial charge on any atom is 0.0373 e. The minimum Gasteiger partial charge on any atom is -0.382 e.